The van der Waals surface area contributed by atoms with E-state index in [4.69, 9.17) is 5.73 Å². The van der Waals surface area contributed by atoms with Gasteiger partial charge < -0.3 is 10.6 Å². The maximum Gasteiger partial charge on any atom is 0.133 e. The van der Waals surface area contributed by atoms with Gasteiger partial charge in [-0.2, -0.15) is 0 Å². The smallest absolute Gasteiger partial charge is 0.133 e. The molecule has 2 rings (SSSR count). The Hall–Kier alpha value is -1.94. The van der Waals surface area contributed by atoms with E-state index in [1.165, 1.54) is 12.1 Å². The van der Waals surface area contributed by atoms with Crippen molar-refractivity contribution in [2.45, 2.75) is 20.0 Å². The van der Waals surface area contributed by atoms with E-state index in [-0.39, 0.29) is 5.82 Å². The monoisotopic (exact) mass is 259 g/mol. The summed E-state index contributed by atoms with van der Waals surface area (Å²) in [6.07, 6.45) is 0. The van der Waals surface area contributed by atoms with Crippen LogP contribution in [0.5, 0.6) is 0 Å². The number of nitrogens with two attached hydrogens (primary N) is 1. The van der Waals surface area contributed by atoms with Gasteiger partial charge in [-0.05, 0) is 30.7 Å². The summed E-state index contributed by atoms with van der Waals surface area (Å²) >= 11 is 0. The molecule has 1 aromatic carbocycles. The number of aromatic nitrogens is 1. The third-order valence-corrected chi connectivity index (χ3v) is 3.01. The minimum Gasteiger partial charge on any atom is -0.355 e. The van der Waals surface area contributed by atoms with Crippen molar-refractivity contribution < 1.29 is 4.39 Å². The molecule has 4 heteroatoms. The molecule has 0 bridgehead atoms. The molecule has 100 valence electrons. The van der Waals surface area contributed by atoms with Gasteiger partial charge in [-0.3, -0.25) is 0 Å². The molecule has 0 fully saturated rings. The van der Waals surface area contributed by atoms with Crippen LogP contribution in [0.2, 0.25) is 0 Å². The van der Waals surface area contributed by atoms with Crippen LogP contribution in [0.1, 0.15) is 16.8 Å². The van der Waals surface area contributed by atoms with Gasteiger partial charge in [-0.25, -0.2) is 9.37 Å². The zero-order valence-corrected chi connectivity index (χ0v) is 11.2. The van der Waals surface area contributed by atoms with Crippen LogP contribution in [-0.4, -0.2) is 12.0 Å². The first-order chi connectivity index (χ1) is 9.10. The summed E-state index contributed by atoms with van der Waals surface area (Å²) in [5.41, 5.74) is 8.74. The number of rotatable bonds is 4. The summed E-state index contributed by atoms with van der Waals surface area (Å²) in [6.45, 7) is 3.08. The highest BCUT2D eigenvalue weighted by Crippen LogP contribution is 2.19. The zero-order valence-electron chi connectivity index (χ0n) is 11.2. The molecule has 2 aromatic rings. The molecule has 0 spiro atoms. The molecule has 0 radical (unpaired) electrons. The summed E-state index contributed by atoms with van der Waals surface area (Å²) < 4.78 is 12.9. The van der Waals surface area contributed by atoms with Gasteiger partial charge in [0, 0.05) is 31.4 Å². The number of pyridine rings is 1. The largest absolute Gasteiger partial charge is 0.355 e. The maximum atomic E-state index is 12.9. The second-order valence-corrected chi connectivity index (χ2v) is 4.62. The van der Waals surface area contributed by atoms with Crippen molar-refractivity contribution in [3.63, 3.8) is 0 Å². The Bertz CT molecular complexity index is 552. The summed E-state index contributed by atoms with van der Waals surface area (Å²) in [6, 6.07) is 10.5. The maximum absolute atomic E-state index is 12.9. The lowest BCUT2D eigenvalue weighted by Gasteiger charge is -2.21. The predicted molar refractivity (Wildman–Crippen MR) is 75.4 cm³/mol. The molecule has 0 unspecified atom stereocenters. The highest BCUT2D eigenvalue weighted by molar-refractivity contribution is 5.47. The number of benzene rings is 1. The van der Waals surface area contributed by atoms with E-state index in [2.05, 4.69) is 4.98 Å². The first kappa shape index (κ1) is 13.5. The number of hydrogen-bond donors (Lipinski definition) is 1. The van der Waals surface area contributed by atoms with Crippen LogP contribution in [0.4, 0.5) is 10.2 Å². The highest BCUT2D eigenvalue weighted by Gasteiger charge is 2.09. The van der Waals surface area contributed by atoms with Crippen LogP contribution >= 0.6 is 0 Å². The van der Waals surface area contributed by atoms with Crippen molar-refractivity contribution in [1.29, 1.82) is 0 Å². The third-order valence-electron chi connectivity index (χ3n) is 3.01. The molecule has 19 heavy (non-hydrogen) atoms. The number of halogens is 1. The van der Waals surface area contributed by atoms with E-state index in [1.807, 2.05) is 31.0 Å². The number of anilines is 1. The molecule has 0 atom stereocenters. The Morgan fingerprint density at radius 1 is 1.16 bits per heavy atom. The molecule has 1 aromatic heterocycles. The molecule has 3 nitrogen and oxygen atoms in total. The summed E-state index contributed by atoms with van der Waals surface area (Å²) in [5, 5.41) is 0. The van der Waals surface area contributed by atoms with Crippen molar-refractivity contribution in [2.24, 2.45) is 5.73 Å². The van der Waals surface area contributed by atoms with E-state index < -0.39 is 0 Å². The fraction of sp³-hybridized carbons (Fsp3) is 0.267. The van der Waals surface area contributed by atoms with Crippen LogP contribution in [0.15, 0.2) is 36.4 Å². The molecule has 2 N–H and O–H groups in total. The van der Waals surface area contributed by atoms with Crippen molar-refractivity contribution in [3.05, 3.63) is 59.0 Å². The molecule has 1 heterocycles. The van der Waals surface area contributed by atoms with Gasteiger partial charge in [0.25, 0.3) is 0 Å². The fourth-order valence-electron chi connectivity index (χ4n) is 2.00. The Kier molecular flexibility index (Phi) is 4.12. The average Bonchev–Trinajstić information content (AvgIpc) is 2.41. The molecule has 0 saturated carbocycles. The Balaban J connectivity index is 2.21. The first-order valence-corrected chi connectivity index (χ1v) is 6.22. The minimum atomic E-state index is -0.220. The lowest BCUT2D eigenvalue weighted by atomic mass is 10.2. The molecule has 0 aliphatic heterocycles. The van der Waals surface area contributed by atoms with Crippen LogP contribution < -0.4 is 10.6 Å². The summed E-state index contributed by atoms with van der Waals surface area (Å²) in [5.74, 6) is 0.662. The highest BCUT2D eigenvalue weighted by atomic mass is 19.1. The van der Waals surface area contributed by atoms with Gasteiger partial charge in [0.05, 0.1) is 0 Å². The van der Waals surface area contributed by atoms with Crippen molar-refractivity contribution in [3.8, 4) is 0 Å². The number of aryl methyl sites for hydroxylation is 1. The lowest BCUT2D eigenvalue weighted by molar-refractivity contribution is 0.627. The van der Waals surface area contributed by atoms with Crippen molar-refractivity contribution >= 4 is 5.82 Å². The van der Waals surface area contributed by atoms with Crippen molar-refractivity contribution in [2.75, 3.05) is 11.9 Å². The van der Waals surface area contributed by atoms with Gasteiger partial charge in [0.15, 0.2) is 0 Å². The normalized spacial score (nSPS) is 10.5. The summed E-state index contributed by atoms with van der Waals surface area (Å²) in [4.78, 5) is 6.56. The Morgan fingerprint density at radius 3 is 2.47 bits per heavy atom. The molecule has 0 saturated heterocycles. The quantitative estimate of drug-likeness (QED) is 0.917. The lowest BCUT2D eigenvalue weighted by Crippen LogP contribution is -2.20. The Morgan fingerprint density at radius 2 is 1.84 bits per heavy atom. The molecule has 0 amide bonds. The average molecular weight is 259 g/mol. The van der Waals surface area contributed by atoms with Gasteiger partial charge in [-0.1, -0.05) is 18.2 Å². The van der Waals surface area contributed by atoms with E-state index in [9.17, 15) is 4.39 Å². The fourth-order valence-corrected chi connectivity index (χ4v) is 2.00. The number of hydrogen-bond acceptors (Lipinski definition) is 3. The van der Waals surface area contributed by atoms with Gasteiger partial charge in [-0.15, -0.1) is 0 Å². The van der Waals surface area contributed by atoms with Crippen LogP contribution in [0.3, 0.4) is 0 Å². The first-order valence-electron chi connectivity index (χ1n) is 6.22. The standard InChI is InChI=1S/C15H18FN3/c1-11-3-6-13(9-17)15(18-11)19(2)10-12-4-7-14(16)8-5-12/h3-8H,9-10,17H2,1-2H3. The van der Waals surface area contributed by atoms with E-state index in [0.717, 1.165) is 22.6 Å². The Labute approximate surface area is 112 Å². The van der Waals surface area contributed by atoms with Gasteiger partial charge in [0.2, 0.25) is 0 Å². The van der Waals surface area contributed by atoms with E-state index >= 15 is 0 Å². The second kappa shape index (κ2) is 5.80. The minimum absolute atomic E-state index is 0.220. The van der Waals surface area contributed by atoms with E-state index in [0.29, 0.717) is 13.1 Å². The van der Waals surface area contributed by atoms with Crippen molar-refractivity contribution in [1.82, 2.24) is 4.98 Å². The van der Waals surface area contributed by atoms with Crippen LogP contribution in [0, 0.1) is 12.7 Å². The summed E-state index contributed by atoms with van der Waals surface area (Å²) in [7, 11) is 1.96. The van der Waals surface area contributed by atoms with Gasteiger partial charge >= 0.3 is 0 Å². The molecule has 0 aliphatic carbocycles. The zero-order chi connectivity index (χ0) is 13.8. The van der Waals surface area contributed by atoms with Crippen LogP contribution in [0.25, 0.3) is 0 Å². The topological polar surface area (TPSA) is 42.1 Å². The second-order valence-electron chi connectivity index (χ2n) is 4.62. The molecular formula is C15H18FN3. The number of nitrogens with zero attached hydrogens (tertiary/aromatic N) is 2. The predicted octanol–water partition coefficient (Wildman–Crippen LogP) is 2.62. The van der Waals surface area contributed by atoms with E-state index in [1.54, 1.807) is 12.1 Å². The molecule has 0 aliphatic rings. The van der Waals surface area contributed by atoms with Gasteiger partial charge in [0.1, 0.15) is 11.6 Å². The molecular weight excluding hydrogens is 241 g/mol. The SMILES string of the molecule is Cc1ccc(CN)c(N(C)Cc2ccc(F)cc2)n1. The third kappa shape index (κ3) is 3.29. The van der Waals surface area contributed by atoms with Crippen LogP contribution in [-0.2, 0) is 13.1 Å².